The lowest BCUT2D eigenvalue weighted by atomic mass is 10.1. The van der Waals surface area contributed by atoms with Crippen molar-refractivity contribution in [3.8, 4) is 17.6 Å². The number of rotatable bonds is 1. The van der Waals surface area contributed by atoms with E-state index < -0.39 is 11.6 Å². The molecule has 2 aliphatic rings. The van der Waals surface area contributed by atoms with E-state index in [4.69, 9.17) is 4.74 Å². The van der Waals surface area contributed by atoms with Crippen molar-refractivity contribution < 1.29 is 13.5 Å². The normalized spacial score (nSPS) is 15.8. The smallest absolute Gasteiger partial charge is 0.257 e. The summed E-state index contributed by atoms with van der Waals surface area (Å²) >= 11 is 0. The Morgan fingerprint density at radius 1 is 1.12 bits per heavy atom. The number of aryl methyl sites for hydroxylation is 1. The van der Waals surface area contributed by atoms with Crippen LogP contribution in [0, 0.1) is 36.3 Å². The molecule has 1 fully saturated rings. The molecule has 0 saturated heterocycles. The Hall–Kier alpha value is -3.73. The van der Waals surface area contributed by atoms with Crippen LogP contribution in [0.15, 0.2) is 30.3 Å². The molecule has 1 saturated carbocycles. The zero-order valence-corrected chi connectivity index (χ0v) is 17.4. The second kappa shape index (κ2) is 7.16. The standard InChI is InChI=1S/C24H19F2N5O/c1-14-28-29-24-27-23(20-18(31(14)24)11-10-17(25)21(20)26)30-12-3-13-32-22-16(4-2-5-19(22)30)9-8-15-6-7-15/h2,4-5,10-11,15H,3,6-7,12-13H2,1H3. The Kier molecular flexibility index (Phi) is 4.25. The van der Waals surface area contributed by atoms with E-state index in [9.17, 15) is 4.39 Å². The summed E-state index contributed by atoms with van der Waals surface area (Å²) in [6, 6.07) is 8.37. The second-order valence-electron chi connectivity index (χ2n) is 8.12. The summed E-state index contributed by atoms with van der Waals surface area (Å²) in [5, 5.41) is 8.30. The number of benzene rings is 2. The Labute approximate surface area is 182 Å². The molecule has 8 heteroatoms. The molecule has 4 aromatic rings. The molecule has 6 nitrogen and oxygen atoms in total. The van der Waals surface area contributed by atoms with E-state index in [1.807, 2.05) is 23.1 Å². The van der Waals surface area contributed by atoms with Crippen LogP contribution in [0.4, 0.5) is 20.3 Å². The van der Waals surface area contributed by atoms with Gasteiger partial charge in [-0.25, -0.2) is 8.78 Å². The van der Waals surface area contributed by atoms with E-state index in [-0.39, 0.29) is 11.2 Å². The van der Waals surface area contributed by atoms with Gasteiger partial charge in [0, 0.05) is 12.5 Å². The predicted octanol–water partition coefficient (Wildman–Crippen LogP) is 4.55. The van der Waals surface area contributed by atoms with E-state index >= 15 is 4.39 Å². The molecule has 32 heavy (non-hydrogen) atoms. The first kappa shape index (κ1) is 19.0. The maximum absolute atomic E-state index is 15.2. The Morgan fingerprint density at radius 3 is 2.84 bits per heavy atom. The lowest BCUT2D eigenvalue weighted by Crippen LogP contribution is -2.20. The minimum absolute atomic E-state index is 0.0858. The molecule has 0 atom stereocenters. The minimum Gasteiger partial charge on any atom is -0.490 e. The highest BCUT2D eigenvalue weighted by molar-refractivity contribution is 5.95. The zero-order valence-electron chi connectivity index (χ0n) is 17.4. The van der Waals surface area contributed by atoms with Crippen molar-refractivity contribution in [2.24, 2.45) is 5.92 Å². The number of hydrogen-bond acceptors (Lipinski definition) is 5. The average Bonchev–Trinajstić information content (AvgIpc) is 3.59. The van der Waals surface area contributed by atoms with Gasteiger partial charge in [0.25, 0.3) is 5.78 Å². The predicted molar refractivity (Wildman–Crippen MR) is 116 cm³/mol. The second-order valence-corrected chi connectivity index (χ2v) is 8.12. The van der Waals surface area contributed by atoms with Crippen LogP contribution in [0.2, 0.25) is 0 Å². The maximum atomic E-state index is 15.2. The van der Waals surface area contributed by atoms with Gasteiger partial charge in [0.15, 0.2) is 17.4 Å². The lowest BCUT2D eigenvalue weighted by Gasteiger charge is -2.25. The van der Waals surface area contributed by atoms with Crippen molar-refractivity contribution in [2.45, 2.75) is 26.2 Å². The van der Waals surface area contributed by atoms with E-state index in [0.29, 0.717) is 48.4 Å². The van der Waals surface area contributed by atoms with Gasteiger partial charge in [-0.05, 0) is 50.5 Å². The van der Waals surface area contributed by atoms with Crippen LogP contribution < -0.4 is 9.64 Å². The molecular formula is C24H19F2N5O. The van der Waals surface area contributed by atoms with Gasteiger partial charge < -0.3 is 9.64 Å². The van der Waals surface area contributed by atoms with Crippen LogP contribution in [0.25, 0.3) is 16.7 Å². The summed E-state index contributed by atoms with van der Waals surface area (Å²) in [6.07, 6.45) is 2.95. The van der Waals surface area contributed by atoms with E-state index in [2.05, 4.69) is 27.0 Å². The molecule has 160 valence electrons. The molecule has 0 amide bonds. The summed E-state index contributed by atoms with van der Waals surface area (Å²) in [7, 11) is 0. The molecule has 0 bridgehead atoms. The van der Waals surface area contributed by atoms with Gasteiger partial charge >= 0.3 is 0 Å². The van der Waals surface area contributed by atoms with E-state index in [0.717, 1.165) is 30.2 Å². The van der Waals surface area contributed by atoms with Crippen molar-refractivity contribution in [2.75, 3.05) is 18.1 Å². The van der Waals surface area contributed by atoms with Crippen LogP contribution >= 0.6 is 0 Å². The highest BCUT2D eigenvalue weighted by atomic mass is 19.2. The molecule has 0 spiro atoms. The SMILES string of the molecule is Cc1nnc2nc(N3CCCOc4c(C#CC5CC5)cccc43)c3c(F)c(F)ccc3n12. The first-order valence-corrected chi connectivity index (χ1v) is 10.7. The van der Waals surface area contributed by atoms with Gasteiger partial charge in [0.1, 0.15) is 11.6 Å². The number of hydrogen-bond donors (Lipinski definition) is 0. The molecule has 2 aromatic carbocycles. The lowest BCUT2D eigenvalue weighted by molar-refractivity contribution is 0.322. The fourth-order valence-corrected chi connectivity index (χ4v) is 4.12. The summed E-state index contributed by atoms with van der Waals surface area (Å²) in [6.45, 7) is 2.77. The first-order chi connectivity index (χ1) is 15.6. The average molecular weight is 431 g/mol. The van der Waals surface area contributed by atoms with Crippen LogP contribution in [0.1, 0.15) is 30.7 Å². The molecule has 0 unspecified atom stereocenters. The largest absolute Gasteiger partial charge is 0.490 e. The van der Waals surface area contributed by atoms with E-state index in [1.54, 1.807) is 11.3 Å². The van der Waals surface area contributed by atoms with Crippen LogP contribution in [-0.4, -0.2) is 32.7 Å². The Balaban J connectivity index is 1.62. The molecular weight excluding hydrogens is 412 g/mol. The van der Waals surface area contributed by atoms with Crippen molar-refractivity contribution in [3.63, 3.8) is 0 Å². The topological polar surface area (TPSA) is 55.5 Å². The highest BCUT2D eigenvalue weighted by Crippen LogP contribution is 2.41. The van der Waals surface area contributed by atoms with Crippen LogP contribution in [-0.2, 0) is 0 Å². The van der Waals surface area contributed by atoms with Gasteiger partial charge in [-0.15, -0.1) is 10.2 Å². The molecule has 0 N–H and O–H groups in total. The number of ether oxygens (including phenoxy) is 1. The van der Waals surface area contributed by atoms with Crippen LogP contribution in [0.5, 0.6) is 5.75 Å². The zero-order chi connectivity index (χ0) is 21.8. The molecule has 2 aromatic heterocycles. The number of fused-ring (bicyclic) bond motifs is 4. The fraction of sp³-hybridized carbons (Fsp3) is 0.292. The maximum Gasteiger partial charge on any atom is 0.257 e. The van der Waals surface area contributed by atoms with Crippen LogP contribution in [0.3, 0.4) is 0 Å². The fourth-order valence-electron chi connectivity index (χ4n) is 4.12. The van der Waals surface area contributed by atoms with E-state index in [1.165, 1.54) is 6.07 Å². The quantitative estimate of drug-likeness (QED) is 0.414. The Bertz CT molecular complexity index is 1450. The molecule has 1 aliphatic heterocycles. The van der Waals surface area contributed by atoms with Crippen molar-refractivity contribution >= 4 is 28.2 Å². The van der Waals surface area contributed by atoms with Crippen molar-refractivity contribution in [3.05, 3.63) is 53.4 Å². The third-order valence-corrected chi connectivity index (χ3v) is 5.85. The summed E-state index contributed by atoms with van der Waals surface area (Å²) in [5.41, 5.74) is 1.97. The van der Waals surface area contributed by atoms with Gasteiger partial charge in [0.05, 0.1) is 28.8 Å². The summed E-state index contributed by atoms with van der Waals surface area (Å²) in [5.74, 6) is 6.90. The third kappa shape index (κ3) is 2.96. The van der Waals surface area contributed by atoms with Gasteiger partial charge in [-0.2, -0.15) is 4.98 Å². The summed E-state index contributed by atoms with van der Waals surface area (Å²) < 4.78 is 37.2. The first-order valence-electron chi connectivity index (χ1n) is 10.7. The van der Waals surface area contributed by atoms with Gasteiger partial charge in [0.2, 0.25) is 0 Å². The third-order valence-electron chi connectivity index (χ3n) is 5.85. The molecule has 0 radical (unpaired) electrons. The van der Waals surface area contributed by atoms with Gasteiger partial charge in [-0.1, -0.05) is 17.9 Å². The minimum atomic E-state index is -0.948. The number of aromatic nitrogens is 4. The Morgan fingerprint density at radius 2 is 2.00 bits per heavy atom. The van der Waals surface area contributed by atoms with Crippen molar-refractivity contribution in [1.82, 2.24) is 19.6 Å². The number of halogens is 2. The molecule has 6 rings (SSSR count). The monoisotopic (exact) mass is 431 g/mol. The number of para-hydroxylation sites is 1. The number of nitrogens with zero attached hydrogens (tertiary/aromatic N) is 5. The van der Waals surface area contributed by atoms with Crippen molar-refractivity contribution in [1.29, 1.82) is 0 Å². The molecule has 1 aliphatic carbocycles. The molecule has 3 heterocycles. The highest BCUT2D eigenvalue weighted by Gasteiger charge is 2.27. The summed E-state index contributed by atoms with van der Waals surface area (Å²) in [4.78, 5) is 6.50. The number of anilines is 2. The van der Waals surface area contributed by atoms with Gasteiger partial charge in [-0.3, -0.25) is 4.40 Å².